The molecule has 0 fully saturated rings. The molecule has 0 spiro atoms. The van der Waals surface area contributed by atoms with Crippen LogP contribution in [0.1, 0.15) is 0 Å². The highest BCUT2D eigenvalue weighted by molar-refractivity contribution is 6.63. The van der Waals surface area contributed by atoms with Crippen LogP contribution in [0.15, 0.2) is 18.2 Å². The molecule has 0 unspecified atom stereocenters. The number of hydrogen-bond donors (Lipinski definition) is 0. The van der Waals surface area contributed by atoms with Gasteiger partial charge in [0.15, 0.2) is 6.61 Å². The molecule has 1 aromatic rings. The van der Waals surface area contributed by atoms with Crippen LogP contribution < -0.4 is 4.74 Å². The van der Waals surface area contributed by atoms with Crippen LogP contribution in [0, 0.1) is 5.82 Å². The molecule has 1 aromatic carbocycles. The molecular weight excluding hydrogens is 218 g/mol. The van der Waals surface area contributed by atoms with Crippen molar-refractivity contribution in [2.45, 2.75) is 0 Å². The van der Waals surface area contributed by atoms with Gasteiger partial charge in [-0.1, -0.05) is 11.6 Å². The van der Waals surface area contributed by atoms with Crippen molar-refractivity contribution in [1.82, 2.24) is 0 Å². The van der Waals surface area contributed by atoms with Gasteiger partial charge >= 0.3 is 0 Å². The van der Waals surface area contributed by atoms with Gasteiger partial charge in [0, 0.05) is 0 Å². The van der Waals surface area contributed by atoms with Crippen LogP contribution in [-0.4, -0.2) is 11.8 Å². The Balaban J connectivity index is 2.72. The lowest BCUT2D eigenvalue weighted by atomic mass is 10.3. The van der Waals surface area contributed by atoms with E-state index in [0.717, 1.165) is 6.07 Å². The molecule has 2 nitrogen and oxygen atoms in total. The van der Waals surface area contributed by atoms with E-state index in [1.807, 2.05) is 0 Å². The Morgan fingerprint density at radius 2 is 2.23 bits per heavy atom. The van der Waals surface area contributed by atoms with Gasteiger partial charge < -0.3 is 4.74 Å². The fourth-order valence-corrected chi connectivity index (χ4v) is 1.00. The van der Waals surface area contributed by atoms with Crippen molar-refractivity contribution in [3.05, 3.63) is 29.0 Å². The number of halogens is 3. The minimum absolute atomic E-state index is 0.109. The fourth-order valence-electron chi connectivity index (χ4n) is 0.727. The molecule has 0 aliphatic heterocycles. The Kier molecular flexibility index (Phi) is 3.51. The normalized spacial score (nSPS) is 9.77. The maximum atomic E-state index is 12.5. The topological polar surface area (TPSA) is 26.3 Å². The van der Waals surface area contributed by atoms with Crippen LogP contribution in [0.25, 0.3) is 0 Å². The van der Waals surface area contributed by atoms with E-state index in [2.05, 4.69) is 0 Å². The standard InChI is InChI=1S/C8H5Cl2FO2/c9-6-3-5(11)1-2-7(6)13-4-8(10)12/h1-3H,4H2. The van der Waals surface area contributed by atoms with E-state index in [4.69, 9.17) is 27.9 Å². The summed E-state index contributed by atoms with van der Waals surface area (Å²) in [4.78, 5) is 10.3. The molecule has 0 N–H and O–H groups in total. The molecule has 0 aromatic heterocycles. The SMILES string of the molecule is O=C(Cl)COc1ccc(F)cc1Cl. The van der Waals surface area contributed by atoms with E-state index < -0.39 is 11.1 Å². The number of rotatable bonds is 3. The van der Waals surface area contributed by atoms with E-state index in [1.165, 1.54) is 12.1 Å². The first-order valence-corrected chi connectivity index (χ1v) is 4.11. The Labute approximate surface area is 84.2 Å². The summed E-state index contributed by atoms with van der Waals surface area (Å²) in [6, 6.07) is 3.60. The maximum Gasteiger partial charge on any atom is 0.259 e. The molecule has 5 heteroatoms. The van der Waals surface area contributed by atoms with Crippen molar-refractivity contribution in [2.75, 3.05) is 6.61 Å². The average Bonchev–Trinajstić information content (AvgIpc) is 2.02. The summed E-state index contributed by atoms with van der Waals surface area (Å²) >= 11 is 10.6. The maximum absolute atomic E-state index is 12.5. The summed E-state index contributed by atoms with van der Waals surface area (Å²) in [5.74, 6) is -0.230. The first-order valence-electron chi connectivity index (χ1n) is 3.36. The van der Waals surface area contributed by atoms with E-state index in [-0.39, 0.29) is 17.4 Å². The van der Waals surface area contributed by atoms with Crippen LogP contribution in [0.4, 0.5) is 4.39 Å². The molecule has 0 heterocycles. The predicted octanol–water partition coefficient (Wildman–Crippen LogP) is 2.62. The molecule has 0 aliphatic rings. The molecule has 70 valence electrons. The van der Waals surface area contributed by atoms with Crippen molar-refractivity contribution >= 4 is 28.4 Å². The highest BCUT2D eigenvalue weighted by Crippen LogP contribution is 2.24. The van der Waals surface area contributed by atoms with Crippen molar-refractivity contribution in [3.8, 4) is 5.75 Å². The summed E-state index contributed by atoms with van der Waals surface area (Å²) in [6.07, 6.45) is 0. The number of ether oxygens (including phenoxy) is 1. The Hall–Kier alpha value is -0.800. The molecular formula is C8H5Cl2FO2. The summed E-state index contributed by atoms with van der Waals surface area (Å²) in [5.41, 5.74) is 0. The lowest BCUT2D eigenvalue weighted by molar-refractivity contribution is -0.113. The number of hydrogen-bond acceptors (Lipinski definition) is 2. The first kappa shape index (κ1) is 10.3. The van der Waals surface area contributed by atoms with Crippen LogP contribution in [0.3, 0.4) is 0 Å². The molecule has 0 saturated heterocycles. The minimum Gasteiger partial charge on any atom is -0.483 e. The third-order valence-corrected chi connectivity index (χ3v) is 1.64. The summed E-state index contributed by atoms with van der Waals surface area (Å²) in [7, 11) is 0. The average molecular weight is 223 g/mol. The van der Waals surface area contributed by atoms with Gasteiger partial charge in [-0.2, -0.15) is 0 Å². The lowest BCUT2D eigenvalue weighted by Gasteiger charge is -2.04. The van der Waals surface area contributed by atoms with Crippen molar-refractivity contribution in [3.63, 3.8) is 0 Å². The lowest BCUT2D eigenvalue weighted by Crippen LogP contribution is -2.04. The predicted molar refractivity (Wildman–Crippen MR) is 47.8 cm³/mol. The second kappa shape index (κ2) is 4.44. The molecule has 0 aliphatic carbocycles. The van der Waals surface area contributed by atoms with Crippen LogP contribution in [0.5, 0.6) is 5.75 Å². The van der Waals surface area contributed by atoms with Gasteiger partial charge in [0.1, 0.15) is 11.6 Å². The molecule has 0 radical (unpaired) electrons. The molecule has 1 rings (SSSR count). The largest absolute Gasteiger partial charge is 0.483 e. The van der Waals surface area contributed by atoms with E-state index in [1.54, 1.807) is 0 Å². The Bertz CT molecular complexity index is 328. The number of carbonyl (C=O) groups is 1. The van der Waals surface area contributed by atoms with Crippen molar-refractivity contribution < 1.29 is 13.9 Å². The van der Waals surface area contributed by atoms with Gasteiger partial charge in [-0.25, -0.2) is 4.39 Å². The van der Waals surface area contributed by atoms with Crippen LogP contribution in [0.2, 0.25) is 5.02 Å². The van der Waals surface area contributed by atoms with E-state index >= 15 is 0 Å². The van der Waals surface area contributed by atoms with Gasteiger partial charge in [-0.15, -0.1) is 0 Å². The van der Waals surface area contributed by atoms with Gasteiger partial charge in [0.25, 0.3) is 5.24 Å². The molecule has 13 heavy (non-hydrogen) atoms. The van der Waals surface area contributed by atoms with Crippen LogP contribution >= 0.6 is 23.2 Å². The van der Waals surface area contributed by atoms with Crippen molar-refractivity contribution in [1.29, 1.82) is 0 Å². The molecule has 0 bridgehead atoms. The van der Waals surface area contributed by atoms with Gasteiger partial charge in [0.2, 0.25) is 0 Å². The number of benzene rings is 1. The van der Waals surface area contributed by atoms with Gasteiger partial charge in [-0.05, 0) is 29.8 Å². The molecule has 0 amide bonds. The van der Waals surface area contributed by atoms with E-state index in [0.29, 0.717) is 0 Å². The zero-order chi connectivity index (χ0) is 9.84. The zero-order valence-electron chi connectivity index (χ0n) is 6.39. The molecule has 0 saturated carbocycles. The second-order valence-corrected chi connectivity index (χ2v) is 3.05. The monoisotopic (exact) mass is 222 g/mol. The third kappa shape index (κ3) is 3.20. The first-order chi connectivity index (χ1) is 6.09. The zero-order valence-corrected chi connectivity index (χ0v) is 7.90. The second-order valence-electron chi connectivity index (χ2n) is 2.22. The van der Waals surface area contributed by atoms with Gasteiger partial charge in [0.05, 0.1) is 5.02 Å². The highest BCUT2D eigenvalue weighted by Gasteiger charge is 2.04. The fraction of sp³-hybridized carbons (Fsp3) is 0.125. The molecule has 0 atom stereocenters. The van der Waals surface area contributed by atoms with Crippen LogP contribution in [-0.2, 0) is 4.79 Å². The van der Waals surface area contributed by atoms with Crippen molar-refractivity contribution in [2.24, 2.45) is 0 Å². The minimum atomic E-state index is -0.639. The van der Waals surface area contributed by atoms with Gasteiger partial charge in [-0.3, -0.25) is 4.79 Å². The Morgan fingerprint density at radius 1 is 1.54 bits per heavy atom. The Morgan fingerprint density at radius 3 is 2.77 bits per heavy atom. The summed E-state index contributed by atoms with van der Waals surface area (Å²) < 4.78 is 17.4. The smallest absolute Gasteiger partial charge is 0.259 e. The number of carbonyl (C=O) groups excluding carboxylic acids is 1. The summed E-state index contributed by atoms with van der Waals surface area (Å²) in [5, 5.41) is -0.529. The third-order valence-electron chi connectivity index (χ3n) is 1.24. The van der Waals surface area contributed by atoms with E-state index in [9.17, 15) is 9.18 Å². The summed E-state index contributed by atoms with van der Waals surface area (Å²) in [6.45, 7) is -0.285. The highest BCUT2D eigenvalue weighted by atomic mass is 35.5. The quantitative estimate of drug-likeness (QED) is 0.736.